The molecule has 140 valence electrons. The molecule has 7 nitrogen and oxygen atoms in total. The molecule has 3 aromatic heterocycles. The Morgan fingerprint density at radius 1 is 1.26 bits per heavy atom. The maximum atomic E-state index is 13.3. The molecule has 3 aromatic rings. The van der Waals surface area contributed by atoms with Crippen molar-refractivity contribution in [3.63, 3.8) is 0 Å². The van der Waals surface area contributed by atoms with Gasteiger partial charge in [-0.25, -0.2) is 9.97 Å². The van der Waals surface area contributed by atoms with Gasteiger partial charge >= 0.3 is 0 Å². The zero-order chi connectivity index (χ0) is 18.5. The number of fused-ring (bicyclic) bond motifs is 1. The Morgan fingerprint density at radius 2 is 2.04 bits per heavy atom. The Kier molecular flexibility index (Phi) is 3.89. The van der Waals surface area contributed by atoms with Gasteiger partial charge in [-0.15, -0.1) is 0 Å². The monoisotopic (exact) mass is 383 g/mol. The first-order valence-corrected chi connectivity index (χ1v) is 10.4. The van der Waals surface area contributed by atoms with Crippen LogP contribution in [-0.4, -0.2) is 20.6 Å². The smallest absolute Gasteiger partial charge is 0.293 e. The van der Waals surface area contributed by atoms with Crippen LogP contribution in [0.4, 0.5) is 11.5 Å². The summed E-state index contributed by atoms with van der Waals surface area (Å²) in [7, 11) is 1.93. The highest BCUT2D eigenvalue weighted by molar-refractivity contribution is 7.12. The molecule has 2 saturated carbocycles. The van der Waals surface area contributed by atoms with E-state index in [-0.39, 0.29) is 11.6 Å². The molecule has 0 saturated heterocycles. The maximum Gasteiger partial charge on any atom is 0.293 e. The lowest BCUT2D eigenvalue weighted by atomic mass is 10.2. The van der Waals surface area contributed by atoms with Gasteiger partial charge in [-0.1, -0.05) is 24.2 Å². The lowest BCUT2D eigenvalue weighted by Crippen LogP contribution is -2.32. The van der Waals surface area contributed by atoms with Gasteiger partial charge < -0.3 is 11.1 Å². The first-order valence-electron chi connectivity index (χ1n) is 9.54. The molecule has 3 heterocycles. The highest BCUT2D eigenvalue weighted by Gasteiger charge is 2.31. The Morgan fingerprint density at radius 3 is 2.70 bits per heavy atom. The number of nitrogens with one attached hydrogen (secondary N) is 1. The molecule has 5 rings (SSSR count). The van der Waals surface area contributed by atoms with Gasteiger partial charge in [-0.3, -0.25) is 9.36 Å². The van der Waals surface area contributed by atoms with Gasteiger partial charge in [0.05, 0.1) is 11.1 Å². The summed E-state index contributed by atoms with van der Waals surface area (Å²) in [6, 6.07) is 2.49. The number of anilines is 2. The summed E-state index contributed by atoms with van der Waals surface area (Å²) in [4.78, 5) is 22.7. The van der Waals surface area contributed by atoms with Crippen LogP contribution in [0.5, 0.6) is 0 Å². The highest BCUT2D eigenvalue weighted by Crippen LogP contribution is 2.37. The standard InChI is InChI=1S/C19H22N6OS/c1-24-8-9-27-19(24)16-18(26)25(12-6-7-12)17-15(23-16)13(20)10-14(22-17)21-11-4-2-3-5-11/h8-12H,2-7H2,1H3,(H2,20,21)/p+1. The average Bonchev–Trinajstić information content (AvgIpc) is 3.16. The highest BCUT2D eigenvalue weighted by atomic mass is 32.1. The number of nitrogen functional groups attached to an aromatic ring is 1. The van der Waals surface area contributed by atoms with E-state index in [9.17, 15) is 4.79 Å². The third kappa shape index (κ3) is 2.88. The summed E-state index contributed by atoms with van der Waals surface area (Å²) in [5.41, 5.74) is 8.53. The fourth-order valence-corrected chi connectivity index (χ4v) is 4.76. The number of rotatable bonds is 4. The predicted octanol–water partition coefficient (Wildman–Crippen LogP) is 2.62. The fraction of sp³-hybridized carbons (Fsp3) is 0.474. The van der Waals surface area contributed by atoms with Gasteiger partial charge in [0.1, 0.15) is 18.4 Å². The second-order valence-corrected chi connectivity index (χ2v) is 8.48. The maximum absolute atomic E-state index is 13.3. The molecule has 0 radical (unpaired) electrons. The lowest BCUT2D eigenvalue weighted by molar-refractivity contribution is -0.656. The molecule has 27 heavy (non-hydrogen) atoms. The van der Waals surface area contributed by atoms with E-state index in [0.29, 0.717) is 28.6 Å². The molecule has 0 unspecified atom stereocenters. The minimum absolute atomic E-state index is 0.0760. The van der Waals surface area contributed by atoms with Gasteiger partial charge in [0.25, 0.3) is 10.6 Å². The second kappa shape index (κ2) is 6.30. The van der Waals surface area contributed by atoms with Crippen molar-refractivity contribution >= 4 is 34.0 Å². The quantitative estimate of drug-likeness (QED) is 0.676. The minimum Gasteiger partial charge on any atom is -0.397 e. The third-order valence-corrected chi connectivity index (χ3v) is 6.45. The van der Waals surface area contributed by atoms with E-state index in [2.05, 4.69) is 10.3 Å². The molecule has 8 heteroatoms. The Balaban J connectivity index is 1.70. The molecule has 0 amide bonds. The molecular weight excluding hydrogens is 360 g/mol. The summed E-state index contributed by atoms with van der Waals surface area (Å²) in [5, 5.41) is 6.29. The van der Waals surface area contributed by atoms with Crippen molar-refractivity contribution in [1.82, 2.24) is 14.5 Å². The summed E-state index contributed by atoms with van der Waals surface area (Å²) in [6.07, 6.45) is 8.73. The number of nitrogens with two attached hydrogens (primary N) is 1. The summed E-state index contributed by atoms with van der Waals surface area (Å²) >= 11 is 1.51. The number of aromatic nitrogens is 4. The van der Waals surface area contributed by atoms with Gasteiger partial charge in [0.2, 0.25) is 5.69 Å². The molecular formula is C19H23N6OS+. The molecule has 0 atom stereocenters. The van der Waals surface area contributed by atoms with E-state index in [0.717, 1.165) is 36.5 Å². The van der Waals surface area contributed by atoms with Crippen LogP contribution in [0.15, 0.2) is 22.4 Å². The largest absolute Gasteiger partial charge is 0.397 e. The van der Waals surface area contributed by atoms with Gasteiger partial charge in [0, 0.05) is 18.2 Å². The Bertz CT molecular complexity index is 1080. The van der Waals surface area contributed by atoms with Crippen molar-refractivity contribution in [1.29, 1.82) is 0 Å². The van der Waals surface area contributed by atoms with Crippen molar-refractivity contribution in [3.05, 3.63) is 28.0 Å². The number of thiazole rings is 1. The number of nitrogens with zero attached hydrogens (tertiary/aromatic N) is 4. The van der Waals surface area contributed by atoms with E-state index in [1.807, 2.05) is 33.8 Å². The Hall–Kier alpha value is -2.48. The van der Waals surface area contributed by atoms with Crippen molar-refractivity contribution in [2.45, 2.75) is 50.6 Å². The number of hydrogen-bond donors (Lipinski definition) is 2. The fourth-order valence-electron chi connectivity index (χ4n) is 3.92. The van der Waals surface area contributed by atoms with E-state index < -0.39 is 0 Å². The van der Waals surface area contributed by atoms with Gasteiger partial charge in [-0.2, -0.15) is 4.57 Å². The van der Waals surface area contributed by atoms with Crippen molar-refractivity contribution in [2.24, 2.45) is 7.05 Å². The molecule has 0 spiro atoms. The first-order chi connectivity index (χ1) is 13.1. The summed E-state index contributed by atoms with van der Waals surface area (Å²) in [6.45, 7) is 0. The second-order valence-electron chi connectivity index (χ2n) is 7.58. The van der Waals surface area contributed by atoms with Crippen LogP contribution in [0.3, 0.4) is 0 Å². The molecule has 2 fully saturated rings. The van der Waals surface area contributed by atoms with E-state index in [1.54, 1.807) is 0 Å². The van der Waals surface area contributed by atoms with Crippen molar-refractivity contribution in [2.75, 3.05) is 11.1 Å². The van der Waals surface area contributed by atoms with Crippen molar-refractivity contribution < 1.29 is 4.57 Å². The van der Waals surface area contributed by atoms with Crippen LogP contribution >= 0.6 is 11.3 Å². The van der Waals surface area contributed by atoms with Crippen LogP contribution in [0, 0.1) is 0 Å². The number of pyridine rings is 1. The predicted molar refractivity (Wildman–Crippen MR) is 107 cm³/mol. The van der Waals surface area contributed by atoms with Crippen LogP contribution in [-0.2, 0) is 7.05 Å². The van der Waals surface area contributed by atoms with Crippen LogP contribution in [0.25, 0.3) is 21.9 Å². The third-order valence-electron chi connectivity index (χ3n) is 5.48. The summed E-state index contributed by atoms with van der Waals surface area (Å²) in [5.74, 6) is 0.747. The van der Waals surface area contributed by atoms with Gasteiger partial charge in [-0.05, 0) is 25.7 Å². The van der Waals surface area contributed by atoms with Crippen LogP contribution in [0.1, 0.15) is 44.6 Å². The Labute approximate surface area is 160 Å². The lowest BCUT2D eigenvalue weighted by Gasteiger charge is -2.16. The minimum atomic E-state index is -0.0760. The molecule has 2 aliphatic rings. The van der Waals surface area contributed by atoms with Crippen LogP contribution in [0.2, 0.25) is 0 Å². The molecule has 3 N–H and O–H groups in total. The number of hydrogen-bond acceptors (Lipinski definition) is 6. The van der Waals surface area contributed by atoms with Crippen molar-refractivity contribution in [3.8, 4) is 10.7 Å². The zero-order valence-electron chi connectivity index (χ0n) is 15.3. The van der Waals surface area contributed by atoms with E-state index >= 15 is 0 Å². The first kappa shape index (κ1) is 16.7. The van der Waals surface area contributed by atoms with E-state index in [4.69, 9.17) is 10.7 Å². The normalized spacial score (nSPS) is 17.7. The average molecular weight is 384 g/mol. The topological polar surface area (TPSA) is 89.7 Å². The summed E-state index contributed by atoms with van der Waals surface area (Å²) < 4.78 is 3.74. The van der Waals surface area contributed by atoms with E-state index in [1.165, 1.54) is 24.2 Å². The SMILES string of the molecule is C[n+]1ccsc1-c1nc2c(N)cc(NC3CCCC3)nc2n(C2CC2)c1=O. The number of aryl methyl sites for hydroxylation is 1. The van der Waals surface area contributed by atoms with Gasteiger partial charge in [0.15, 0.2) is 11.8 Å². The molecule has 0 bridgehead atoms. The molecule has 2 aliphatic carbocycles. The zero-order valence-corrected chi connectivity index (χ0v) is 16.1. The van der Waals surface area contributed by atoms with Crippen LogP contribution < -0.4 is 21.2 Å². The molecule has 0 aromatic carbocycles. The molecule has 0 aliphatic heterocycles.